The van der Waals surface area contributed by atoms with Gasteiger partial charge in [0.05, 0.1) is 12.2 Å². The van der Waals surface area contributed by atoms with E-state index < -0.39 is 0 Å². The van der Waals surface area contributed by atoms with Crippen molar-refractivity contribution in [3.8, 4) is 0 Å². The highest BCUT2D eigenvalue weighted by molar-refractivity contribution is 5.20. The van der Waals surface area contributed by atoms with E-state index in [1.165, 1.54) is 31.5 Å². The molecule has 20 heavy (non-hydrogen) atoms. The van der Waals surface area contributed by atoms with Gasteiger partial charge in [-0.3, -0.25) is 4.98 Å². The highest BCUT2D eigenvalue weighted by atomic mass is 16.5. The Kier molecular flexibility index (Phi) is 4.65. The SMILES string of the molecule is c1cc(C2(OCCN3CCCC3)CCNCC2)ccn1. The molecule has 3 rings (SSSR count). The number of ether oxygens (including phenoxy) is 1. The first-order valence-electron chi connectivity index (χ1n) is 7.87. The first-order chi connectivity index (χ1) is 9.89. The Morgan fingerprint density at radius 1 is 1.15 bits per heavy atom. The number of pyridine rings is 1. The molecule has 0 bridgehead atoms. The van der Waals surface area contributed by atoms with Crippen molar-refractivity contribution in [2.45, 2.75) is 31.3 Å². The Bertz CT molecular complexity index is 397. The minimum Gasteiger partial charge on any atom is -0.369 e. The maximum Gasteiger partial charge on any atom is 0.0957 e. The summed E-state index contributed by atoms with van der Waals surface area (Å²) in [7, 11) is 0. The summed E-state index contributed by atoms with van der Waals surface area (Å²) in [5, 5.41) is 3.43. The number of hydrogen-bond donors (Lipinski definition) is 1. The van der Waals surface area contributed by atoms with Crippen molar-refractivity contribution in [1.29, 1.82) is 0 Å². The maximum absolute atomic E-state index is 6.41. The number of aromatic nitrogens is 1. The molecule has 3 heterocycles. The molecule has 2 fully saturated rings. The number of nitrogens with one attached hydrogen (secondary N) is 1. The summed E-state index contributed by atoms with van der Waals surface area (Å²) in [5.41, 5.74) is 1.18. The van der Waals surface area contributed by atoms with Crippen LogP contribution in [0.15, 0.2) is 24.5 Å². The van der Waals surface area contributed by atoms with Gasteiger partial charge in [-0.2, -0.15) is 0 Å². The summed E-state index contributed by atoms with van der Waals surface area (Å²) in [5.74, 6) is 0. The van der Waals surface area contributed by atoms with E-state index in [1.54, 1.807) is 0 Å². The van der Waals surface area contributed by atoms with Crippen molar-refractivity contribution in [2.75, 3.05) is 39.3 Å². The molecule has 2 saturated heterocycles. The average Bonchev–Trinajstić information content (AvgIpc) is 3.02. The molecule has 4 nitrogen and oxygen atoms in total. The highest BCUT2D eigenvalue weighted by Crippen LogP contribution is 2.34. The van der Waals surface area contributed by atoms with Crippen LogP contribution < -0.4 is 5.32 Å². The molecule has 0 spiro atoms. The Morgan fingerprint density at radius 2 is 1.85 bits per heavy atom. The maximum atomic E-state index is 6.41. The number of rotatable bonds is 5. The molecule has 1 aromatic rings. The molecule has 2 aliphatic heterocycles. The highest BCUT2D eigenvalue weighted by Gasteiger charge is 2.34. The molecule has 0 atom stereocenters. The smallest absolute Gasteiger partial charge is 0.0957 e. The van der Waals surface area contributed by atoms with Crippen LogP contribution in [0.2, 0.25) is 0 Å². The molecule has 0 unspecified atom stereocenters. The van der Waals surface area contributed by atoms with Crippen LogP contribution in [-0.2, 0) is 10.3 Å². The molecular weight excluding hydrogens is 250 g/mol. The van der Waals surface area contributed by atoms with E-state index in [1.807, 2.05) is 12.4 Å². The fraction of sp³-hybridized carbons (Fsp3) is 0.688. The molecule has 1 N–H and O–H groups in total. The molecular formula is C16H25N3O. The molecule has 0 amide bonds. The molecule has 110 valence electrons. The van der Waals surface area contributed by atoms with Crippen LogP contribution in [0, 0.1) is 0 Å². The van der Waals surface area contributed by atoms with E-state index in [0.29, 0.717) is 0 Å². The normalized spacial score (nSPS) is 23.0. The van der Waals surface area contributed by atoms with E-state index in [-0.39, 0.29) is 5.60 Å². The molecule has 1 aromatic heterocycles. The molecule has 0 saturated carbocycles. The lowest BCUT2D eigenvalue weighted by Crippen LogP contribution is -2.43. The summed E-state index contributed by atoms with van der Waals surface area (Å²) in [4.78, 5) is 6.65. The van der Waals surface area contributed by atoms with Gasteiger partial charge >= 0.3 is 0 Å². The van der Waals surface area contributed by atoms with Crippen LogP contribution in [0.1, 0.15) is 31.2 Å². The van der Waals surface area contributed by atoms with Crippen molar-refractivity contribution in [1.82, 2.24) is 15.2 Å². The quantitative estimate of drug-likeness (QED) is 0.889. The van der Waals surface area contributed by atoms with Crippen LogP contribution >= 0.6 is 0 Å². The summed E-state index contributed by atoms with van der Waals surface area (Å²) in [6, 6.07) is 4.22. The van der Waals surface area contributed by atoms with Gasteiger partial charge in [0.1, 0.15) is 0 Å². The van der Waals surface area contributed by atoms with E-state index in [0.717, 1.165) is 39.1 Å². The van der Waals surface area contributed by atoms with Crippen LogP contribution in [-0.4, -0.2) is 49.2 Å². The predicted octanol–water partition coefficient (Wildman–Crippen LogP) is 1.77. The lowest BCUT2D eigenvalue weighted by molar-refractivity contribution is -0.0760. The Morgan fingerprint density at radius 3 is 2.55 bits per heavy atom. The number of nitrogens with zero attached hydrogens (tertiary/aromatic N) is 2. The fourth-order valence-corrected chi connectivity index (χ4v) is 3.38. The minimum absolute atomic E-state index is 0.103. The third-order valence-corrected chi connectivity index (χ3v) is 4.60. The topological polar surface area (TPSA) is 37.4 Å². The molecule has 0 radical (unpaired) electrons. The van der Waals surface area contributed by atoms with E-state index in [2.05, 4.69) is 27.3 Å². The van der Waals surface area contributed by atoms with Gasteiger partial charge in [-0.1, -0.05) is 0 Å². The average molecular weight is 275 g/mol. The van der Waals surface area contributed by atoms with Crippen LogP contribution in [0.25, 0.3) is 0 Å². The van der Waals surface area contributed by atoms with Gasteiger partial charge < -0.3 is 15.0 Å². The monoisotopic (exact) mass is 275 g/mol. The summed E-state index contributed by atoms with van der Waals surface area (Å²) in [6.07, 6.45) is 8.55. The number of piperidine rings is 1. The number of likely N-dealkylation sites (tertiary alicyclic amines) is 1. The van der Waals surface area contributed by atoms with Gasteiger partial charge in [-0.15, -0.1) is 0 Å². The molecule has 0 aliphatic carbocycles. The first-order valence-corrected chi connectivity index (χ1v) is 7.87. The van der Waals surface area contributed by atoms with Gasteiger partial charge in [0.2, 0.25) is 0 Å². The van der Waals surface area contributed by atoms with Gasteiger partial charge in [0.25, 0.3) is 0 Å². The lowest BCUT2D eigenvalue weighted by Gasteiger charge is -2.38. The molecule has 4 heteroatoms. The fourth-order valence-electron chi connectivity index (χ4n) is 3.38. The second-order valence-electron chi connectivity index (χ2n) is 5.88. The van der Waals surface area contributed by atoms with Crippen molar-refractivity contribution in [2.24, 2.45) is 0 Å². The van der Waals surface area contributed by atoms with E-state index >= 15 is 0 Å². The lowest BCUT2D eigenvalue weighted by atomic mass is 9.85. The van der Waals surface area contributed by atoms with Gasteiger partial charge in [0.15, 0.2) is 0 Å². The van der Waals surface area contributed by atoms with Crippen molar-refractivity contribution in [3.63, 3.8) is 0 Å². The zero-order valence-electron chi connectivity index (χ0n) is 12.2. The Hall–Kier alpha value is -0.970. The predicted molar refractivity (Wildman–Crippen MR) is 79.6 cm³/mol. The van der Waals surface area contributed by atoms with E-state index in [9.17, 15) is 0 Å². The van der Waals surface area contributed by atoms with Crippen molar-refractivity contribution < 1.29 is 4.74 Å². The van der Waals surface area contributed by atoms with Gasteiger partial charge in [-0.05, 0) is 69.6 Å². The Labute approximate surface area is 121 Å². The zero-order valence-corrected chi connectivity index (χ0v) is 12.2. The summed E-state index contributed by atoms with van der Waals surface area (Å²) >= 11 is 0. The third kappa shape index (κ3) is 3.19. The summed E-state index contributed by atoms with van der Waals surface area (Å²) in [6.45, 7) is 6.46. The van der Waals surface area contributed by atoms with Gasteiger partial charge in [0, 0.05) is 18.9 Å². The second kappa shape index (κ2) is 6.66. The minimum atomic E-state index is -0.103. The summed E-state index contributed by atoms with van der Waals surface area (Å²) < 4.78 is 6.41. The van der Waals surface area contributed by atoms with Crippen LogP contribution in [0.5, 0.6) is 0 Å². The number of hydrogen-bond acceptors (Lipinski definition) is 4. The standard InChI is InChI=1S/C16H25N3O/c1-2-12-19(11-1)13-14-20-16(5-9-18-10-6-16)15-3-7-17-8-4-15/h3-4,7-8,18H,1-2,5-6,9-14H2. The Balaban J connectivity index is 1.63. The zero-order chi connectivity index (χ0) is 13.7. The van der Waals surface area contributed by atoms with E-state index in [4.69, 9.17) is 4.74 Å². The van der Waals surface area contributed by atoms with Gasteiger partial charge in [-0.25, -0.2) is 0 Å². The largest absolute Gasteiger partial charge is 0.369 e. The van der Waals surface area contributed by atoms with Crippen LogP contribution in [0.4, 0.5) is 0 Å². The molecule has 0 aromatic carbocycles. The first kappa shape index (κ1) is 14.0. The third-order valence-electron chi connectivity index (χ3n) is 4.60. The second-order valence-corrected chi connectivity index (χ2v) is 5.88. The van der Waals surface area contributed by atoms with Crippen molar-refractivity contribution in [3.05, 3.63) is 30.1 Å². The van der Waals surface area contributed by atoms with Crippen LogP contribution in [0.3, 0.4) is 0 Å². The van der Waals surface area contributed by atoms with Crippen molar-refractivity contribution >= 4 is 0 Å². The molecule has 2 aliphatic rings.